The summed E-state index contributed by atoms with van der Waals surface area (Å²) in [6.07, 6.45) is 1.12. The molecule has 0 unspecified atom stereocenters. The van der Waals surface area contributed by atoms with Crippen LogP contribution in [0.1, 0.15) is 6.42 Å². The molecular formula is C9H22Cl2OSi3. The minimum Gasteiger partial charge on any atom is -0.453 e. The van der Waals surface area contributed by atoms with Crippen molar-refractivity contribution in [2.75, 3.05) is 0 Å². The van der Waals surface area contributed by atoms with Crippen LogP contribution in [0.25, 0.3) is 0 Å². The van der Waals surface area contributed by atoms with Crippen LogP contribution in [0.5, 0.6) is 0 Å². The first kappa shape index (κ1) is 15.9. The van der Waals surface area contributed by atoms with Crippen molar-refractivity contribution in [3.05, 3.63) is 12.3 Å². The lowest BCUT2D eigenvalue weighted by Crippen LogP contribution is -2.43. The van der Waals surface area contributed by atoms with E-state index < -0.39 is 24.1 Å². The minimum atomic E-state index is -1.62. The molecule has 0 aliphatic heterocycles. The van der Waals surface area contributed by atoms with Crippen LogP contribution in [-0.2, 0) is 4.12 Å². The van der Waals surface area contributed by atoms with Crippen molar-refractivity contribution < 1.29 is 4.12 Å². The molecule has 0 N–H and O–H groups in total. The van der Waals surface area contributed by atoms with Gasteiger partial charge in [-0.15, -0.1) is 6.58 Å². The van der Waals surface area contributed by atoms with Gasteiger partial charge < -0.3 is 4.12 Å². The van der Waals surface area contributed by atoms with E-state index in [1.54, 1.807) is 0 Å². The normalized spacial score (nSPS) is 13.3. The molecule has 90 valence electrons. The Balaban J connectivity index is 4.01. The van der Waals surface area contributed by atoms with Crippen LogP contribution in [0, 0.1) is 0 Å². The Labute approximate surface area is 107 Å². The highest BCUT2D eigenvalue weighted by atomic mass is 35.7. The molecule has 0 atom stereocenters. The zero-order chi connectivity index (χ0) is 12.1. The molecule has 0 saturated heterocycles. The maximum atomic E-state index is 6.25. The summed E-state index contributed by atoms with van der Waals surface area (Å²) in [4.78, 5) is 0. The average Bonchev–Trinajstić information content (AvgIpc) is 2.01. The van der Waals surface area contributed by atoms with Gasteiger partial charge in [0.05, 0.1) is 0 Å². The lowest BCUT2D eigenvalue weighted by molar-refractivity contribution is 0.551. The molecule has 0 heterocycles. The second-order valence-corrected chi connectivity index (χ2v) is 18.6. The Hall–Kier alpha value is 0.931. The van der Waals surface area contributed by atoms with E-state index in [-0.39, 0.29) is 0 Å². The number of hydrogen-bond donors (Lipinski definition) is 0. The van der Waals surface area contributed by atoms with Gasteiger partial charge in [-0.05, 0) is 38.3 Å². The van der Waals surface area contributed by atoms with Crippen LogP contribution in [0.2, 0.25) is 38.3 Å². The quantitative estimate of drug-likeness (QED) is 0.505. The monoisotopic (exact) mass is 300 g/mol. The van der Waals surface area contributed by atoms with Gasteiger partial charge in [-0.1, -0.05) is 12.1 Å². The van der Waals surface area contributed by atoms with E-state index in [1.165, 1.54) is 0 Å². The van der Waals surface area contributed by atoms with Crippen LogP contribution in [0.4, 0.5) is 0 Å². The number of halogens is 2. The first-order chi connectivity index (χ1) is 6.68. The Morgan fingerprint density at radius 3 is 2.20 bits per heavy atom. The largest absolute Gasteiger partial charge is 0.453 e. The first-order valence-electron chi connectivity index (χ1n) is 5.30. The highest BCUT2D eigenvalue weighted by Crippen LogP contribution is 2.22. The third kappa shape index (κ3) is 8.71. The van der Waals surface area contributed by atoms with Crippen molar-refractivity contribution in [3.63, 3.8) is 0 Å². The van der Waals surface area contributed by atoms with Gasteiger partial charge in [0.2, 0.25) is 7.42 Å². The van der Waals surface area contributed by atoms with Gasteiger partial charge in [0.1, 0.15) is 0 Å². The summed E-state index contributed by atoms with van der Waals surface area (Å²) in [7, 11) is -4.57. The fourth-order valence-corrected chi connectivity index (χ4v) is 10.8. The molecule has 0 aliphatic carbocycles. The summed E-state index contributed by atoms with van der Waals surface area (Å²) < 4.78 is 6.25. The molecular weight excluding hydrogens is 279 g/mol. The topological polar surface area (TPSA) is 9.23 Å². The summed E-state index contributed by atoms with van der Waals surface area (Å²) in [6.45, 7) is 12.8. The maximum absolute atomic E-state index is 6.25. The van der Waals surface area contributed by atoms with E-state index in [2.05, 4.69) is 32.8 Å². The van der Waals surface area contributed by atoms with Crippen molar-refractivity contribution in [2.45, 2.75) is 44.7 Å². The second-order valence-electron chi connectivity index (χ2n) is 4.95. The average molecular weight is 301 g/mol. The van der Waals surface area contributed by atoms with Gasteiger partial charge in [-0.2, -0.15) is 22.2 Å². The molecule has 0 aromatic heterocycles. The Kier molecular flexibility index (Phi) is 7.02. The molecule has 0 aromatic rings. The van der Waals surface area contributed by atoms with Gasteiger partial charge >= 0.3 is 0 Å². The Morgan fingerprint density at radius 2 is 1.80 bits per heavy atom. The molecule has 0 bridgehead atoms. The Morgan fingerprint density at radius 1 is 1.27 bits per heavy atom. The van der Waals surface area contributed by atoms with Crippen LogP contribution in [0.15, 0.2) is 12.3 Å². The van der Waals surface area contributed by atoms with Crippen molar-refractivity contribution in [1.29, 1.82) is 0 Å². The smallest absolute Gasteiger partial charge is 0.237 e. The molecule has 0 fully saturated rings. The van der Waals surface area contributed by atoms with Crippen LogP contribution in [-0.4, -0.2) is 24.1 Å². The molecule has 0 amide bonds. The van der Waals surface area contributed by atoms with Crippen LogP contribution in [0.3, 0.4) is 0 Å². The highest BCUT2D eigenvalue weighted by Gasteiger charge is 2.30. The molecule has 0 radical (unpaired) electrons. The molecule has 0 aliphatic rings. The van der Waals surface area contributed by atoms with E-state index in [0.29, 0.717) is 0 Å². The number of rotatable bonds is 7. The van der Waals surface area contributed by atoms with E-state index in [0.717, 1.165) is 18.5 Å². The lowest BCUT2D eigenvalue weighted by Gasteiger charge is -2.32. The van der Waals surface area contributed by atoms with Crippen molar-refractivity contribution in [1.82, 2.24) is 0 Å². The summed E-state index contributed by atoms with van der Waals surface area (Å²) >= 11 is 11.7. The lowest BCUT2D eigenvalue weighted by atomic mass is 10.6. The predicted molar refractivity (Wildman–Crippen MR) is 79.3 cm³/mol. The number of hydrogen-bond acceptors (Lipinski definition) is 1. The molecule has 1 nitrogen and oxygen atoms in total. The van der Waals surface area contributed by atoms with Gasteiger partial charge in [-0.3, -0.25) is 0 Å². The molecule has 0 spiro atoms. The van der Waals surface area contributed by atoms with Gasteiger partial charge in [-0.25, -0.2) is 0 Å². The summed E-state index contributed by atoms with van der Waals surface area (Å²) in [6, 6.07) is 2.15. The standard InChI is InChI=1S/C9H22Cl2OSi3/c1-6-14(2,3)12-15(4,5)9-7-8-13(10)11/h6,13H,1,7-9H2,2-5H3. The van der Waals surface area contributed by atoms with Gasteiger partial charge in [0.25, 0.3) is 0 Å². The fourth-order valence-electron chi connectivity index (χ4n) is 1.49. The van der Waals surface area contributed by atoms with Gasteiger partial charge in [0.15, 0.2) is 16.6 Å². The highest BCUT2D eigenvalue weighted by molar-refractivity contribution is 7.33. The third-order valence-electron chi connectivity index (χ3n) is 2.23. The predicted octanol–water partition coefficient (Wildman–Crippen LogP) is 4.23. The van der Waals surface area contributed by atoms with E-state index in [9.17, 15) is 0 Å². The van der Waals surface area contributed by atoms with Crippen molar-refractivity contribution in [2.24, 2.45) is 0 Å². The zero-order valence-corrected chi connectivity index (χ0v) is 14.8. The first-order valence-corrected chi connectivity index (χ1v) is 15.7. The summed E-state index contributed by atoms with van der Waals surface area (Å²) in [5, 5.41) is 0. The zero-order valence-electron chi connectivity index (χ0n) is 10.1. The van der Waals surface area contributed by atoms with Crippen molar-refractivity contribution >= 4 is 46.2 Å². The van der Waals surface area contributed by atoms with E-state index in [4.69, 9.17) is 26.3 Å². The van der Waals surface area contributed by atoms with Crippen LogP contribution >= 0.6 is 22.2 Å². The second kappa shape index (κ2) is 6.61. The van der Waals surface area contributed by atoms with Crippen LogP contribution < -0.4 is 0 Å². The molecule has 0 aromatic carbocycles. The van der Waals surface area contributed by atoms with E-state index >= 15 is 0 Å². The maximum Gasteiger partial charge on any atom is 0.237 e. The summed E-state index contributed by atoms with van der Waals surface area (Å²) in [5.74, 6) is 0. The molecule has 15 heavy (non-hydrogen) atoms. The molecule has 0 rings (SSSR count). The SMILES string of the molecule is C=C[Si](C)(C)O[Si](C)(C)CCC[SiH](Cl)Cl. The summed E-state index contributed by atoms with van der Waals surface area (Å²) in [5.41, 5.74) is 2.00. The van der Waals surface area contributed by atoms with Crippen molar-refractivity contribution in [3.8, 4) is 0 Å². The third-order valence-corrected chi connectivity index (χ3v) is 11.2. The Bertz CT molecular complexity index is 208. The molecule has 6 heteroatoms. The minimum absolute atomic E-state index is 0.999. The van der Waals surface area contributed by atoms with E-state index in [1.807, 2.05) is 5.70 Å². The fraction of sp³-hybridized carbons (Fsp3) is 0.778. The van der Waals surface area contributed by atoms with Gasteiger partial charge in [0, 0.05) is 0 Å². The molecule has 0 saturated carbocycles.